The van der Waals surface area contributed by atoms with Crippen LogP contribution in [0.1, 0.15) is 16.7 Å². The van der Waals surface area contributed by atoms with Crippen LogP contribution in [0.5, 0.6) is 23.0 Å². The molecule has 47 heavy (non-hydrogen) atoms. The molecule has 0 spiro atoms. The highest BCUT2D eigenvalue weighted by Gasteiger charge is 2.24. The molecule has 12 heteroatoms. The summed E-state index contributed by atoms with van der Waals surface area (Å²) in [6.45, 7) is 8.90. The SMILES string of the molecule is COc1ccc(OC)c(CN(C(=O)Oc2c(C)cccc2C)c2ccnc(Nc3ccc(OCCN4CCN(C)CC4)c(F)c3)n2)c1. The number of halogens is 1. The summed E-state index contributed by atoms with van der Waals surface area (Å²) in [6, 6.07) is 17.2. The molecule has 0 atom stereocenters. The molecule has 5 rings (SSSR count). The number of aromatic nitrogens is 2. The summed E-state index contributed by atoms with van der Waals surface area (Å²) in [5.41, 5.74) is 2.72. The number of likely N-dealkylation sites (N-methyl/N-ethyl adjacent to an activating group) is 1. The van der Waals surface area contributed by atoms with Gasteiger partial charge in [0.15, 0.2) is 11.6 Å². The van der Waals surface area contributed by atoms with E-state index in [4.69, 9.17) is 18.9 Å². The second-order valence-corrected chi connectivity index (χ2v) is 11.4. The van der Waals surface area contributed by atoms with Crippen molar-refractivity contribution in [3.8, 4) is 23.0 Å². The van der Waals surface area contributed by atoms with E-state index in [-0.39, 0.29) is 24.1 Å². The molecule has 3 aromatic carbocycles. The van der Waals surface area contributed by atoms with Crippen LogP contribution in [-0.4, -0.2) is 86.5 Å². The van der Waals surface area contributed by atoms with Crippen LogP contribution in [0.2, 0.25) is 0 Å². The second kappa shape index (κ2) is 15.6. The van der Waals surface area contributed by atoms with Crippen molar-refractivity contribution in [2.24, 2.45) is 0 Å². The molecular formula is C35H41FN6O5. The number of carbonyl (C=O) groups is 1. The fourth-order valence-corrected chi connectivity index (χ4v) is 5.26. The number of nitrogens with zero attached hydrogens (tertiary/aromatic N) is 5. The average molecular weight is 645 g/mol. The highest BCUT2D eigenvalue weighted by atomic mass is 19.1. The zero-order chi connectivity index (χ0) is 33.3. The minimum absolute atomic E-state index is 0.0510. The number of hydrogen-bond acceptors (Lipinski definition) is 10. The number of aryl methyl sites for hydroxylation is 2. The van der Waals surface area contributed by atoms with Gasteiger partial charge < -0.3 is 29.2 Å². The van der Waals surface area contributed by atoms with Crippen molar-refractivity contribution < 1.29 is 28.1 Å². The Labute approximate surface area is 274 Å². The van der Waals surface area contributed by atoms with Gasteiger partial charge in [-0.05, 0) is 68.4 Å². The Balaban J connectivity index is 1.34. The van der Waals surface area contributed by atoms with E-state index < -0.39 is 11.9 Å². The molecule has 0 unspecified atom stereocenters. The van der Waals surface area contributed by atoms with Gasteiger partial charge in [0.25, 0.3) is 0 Å². The number of ether oxygens (including phenoxy) is 4. The van der Waals surface area contributed by atoms with Crippen LogP contribution in [-0.2, 0) is 6.54 Å². The lowest BCUT2D eigenvalue weighted by Crippen LogP contribution is -2.45. The molecule has 0 aliphatic carbocycles. The summed E-state index contributed by atoms with van der Waals surface area (Å²) < 4.78 is 37.7. The number of para-hydroxylation sites is 1. The van der Waals surface area contributed by atoms with E-state index in [9.17, 15) is 4.79 Å². The quantitative estimate of drug-likeness (QED) is 0.203. The van der Waals surface area contributed by atoms with Gasteiger partial charge in [-0.25, -0.2) is 14.2 Å². The lowest BCUT2D eigenvalue weighted by molar-refractivity contribution is 0.132. The first-order chi connectivity index (χ1) is 22.7. The number of rotatable bonds is 12. The minimum Gasteiger partial charge on any atom is -0.497 e. The van der Waals surface area contributed by atoms with E-state index in [2.05, 4.69) is 32.1 Å². The van der Waals surface area contributed by atoms with E-state index >= 15 is 4.39 Å². The van der Waals surface area contributed by atoms with Gasteiger partial charge in [0, 0.05) is 56.2 Å². The van der Waals surface area contributed by atoms with Crippen LogP contribution < -0.4 is 29.2 Å². The average Bonchev–Trinajstić information content (AvgIpc) is 3.07. The molecule has 0 radical (unpaired) electrons. The maximum Gasteiger partial charge on any atom is 0.421 e. The van der Waals surface area contributed by atoms with E-state index in [0.29, 0.717) is 35.1 Å². The highest BCUT2D eigenvalue weighted by Crippen LogP contribution is 2.30. The molecule has 1 aliphatic rings. The Kier molecular flexibility index (Phi) is 11.1. The highest BCUT2D eigenvalue weighted by molar-refractivity contribution is 5.88. The molecule has 0 saturated carbocycles. The van der Waals surface area contributed by atoms with Gasteiger partial charge in [0.1, 0.15) is 29.7 Å². The molecule has 4 aromatic rings. The number of nitrogens with one attached hydrogen (secondary N) is 1. The predicted molar refractivity (Wildman–Crippen MR) is 179 cm³/mol. The lowest BCUT2D eigenvalue weighted by atomic mass is 10.1. The number of methoxy groups -OCH3 is 2. The van der Waals surface area contributed by atoms with Gasteiger partial charge in [-0.3, -0.25) is 9.80 Å². The van der Waals surface area contributed by atoms with E-state index in [1.807, 2.05) is 32.0 Å². The van der Waals surface area contributed by atoms with Gasteiger partial charge in [-0.1, -0.05) is 18.2 Å². The monoisotopic (exact) mass is 644 g/mol. The summed E-state index contributed by atoms with van der Waals surface area (Å²) in [5, 5.41) is 3.04. The Morgan fingerprint density at radius 2 is 1.70 bits per heavy atom. The van der Waals surface area contributed by atoms with Gasteiger partial charge >= 0.3 is 6.09 Å². The van der Waals surface area contributed by atoms with Crippen LogP contribution in [0.4, 0.5) is 26.6 Å². The smallest absolute Gasteiger partial charge is 0.421 e. The molecule has 1 aromatic heterocycles. The number of amides is 1. The van der Waals surface area contributed by atoms with Crippen LogP contribution >= 0.6 is 0 Å². The Morgan fingerprint density at radius 1 is 0.957 bits per heavy atom. The maximum absolute atomic E-state index is 15.0. The van der Waals surface area contributed by atoms with E-state index in [1.54, 1.807) is 50.6 Å². The van der Waals surface area contributed by atoms with Crippen molar-refractivity contribution in [2.45, 2.75) is 20.4 Å². The molecule has 1 N–H and O–H groups in total. The van der Waals surface area contributed by atoms with E-state index in [1.165, 1.54) is 17.2 Å². The normalized spacial score (nSPS) is 13.6. The number of anilines is 3. The Hall–Kier alpha value is -4.94. The molecule has 1 saturated heterocycles. The standard InChI is InChI=1S/C35H41FN6O5/c1-24-7-6-8-25(2)33(24)47-35(43)42(23-26-21-28(44-4)10-12-30(26)45-5)32-13-14-37-34(39-32)38-27-9-11-31(29(36)22-27)46-20-19-41-17-15-40(3)16-18-41/h6-14,21-22H,15-20,23H2,1-5H3,(H,37,38,39). The number of hydrogen-bond donors (Lipinski definition) is 1. The minimum atomic E-state index is -0.652. The van der Waals surface area contributed by atoms with Gasteiger partial charge in [0.05, 0.1) is 20.8 Å². The molecular weight excluding hydrogens is 603 g/mol. The van der Waals surface area contributed by atoms with Crippen molar-refractivity contribution in [1.29, 1.82) is 0 Å². The first-order valence-electron chi connectivity index (χ1n) is 15.4. The van der Waals surface area contributed by atoms with Crippen molar-refractivity contribution in [3.05, 3.63) is 89.4 Å². The molecule has 248 valence electrons. The van der Waals surface area contributed by atoms with Crippen molar-refractivity contribution in [3.63, 3.8) is 0 Å². The third-order valence-corrected chi connectivity index (χ3v) is 8.00. The maximum atomic E-state index is 15.0. The molecule has 2 heterocycles. The summed E-state index contributed by atoms with van der Waals surface area (Å²) in [7, 11) is 5.23. The zero-order valence-corrected chi connectivity index (χ0v) is 27.5. The first kappa shape index (κ1) is 33.4. The van der Waals surface area contributed by atoms with Crippen LogP contribution in [0.25, 0.3) is 0 Å². The topological polar surface area (TPSA) is 102 Å². The Morgan fingerprint density at radius 3 is 2.40 bits per heavy atom. The predicted octanol–water partition coefficient (Wildman–Crippen LogP) is 5.83. The second-order valence-electron chi connectivity index (χ2n) is 11.4. The summed E-state index contributed by atoms with van der Waals surface area (Å²) in [5.74, 6) is 1.71. The molecule has 1 fully saturated rings. The lowest BCUT2D eigenvalue weighted by Gasteiger charge is -2.32. The summed E-state index contributed by atoms with van der Waals surface area (Å²) in [4.78, 5) is 28.7. The van der Waals surface area contributed by atoms with Gasteiger partial charge in [-0.15, -0.1) is 0 Å². The number of benzene rings is 3. The summed E-state index contributed by atoms with van der Waals surface area (Å²) in [6.07, 6.45) is 0.861. The Bertz CT molecular complexity index is 1660. The van der Waals surface area contributed by atoms with Gasteiger partial charge in [0.2, 0.25) is 5.95 Å². The fraction of sp³-hybridized carbons (Fsp3) is 0.343. The van der Waals surface area contributed by atoms with Crippen molar-refractivity contribution in [1.82, 2.24) is 19.8 Å². The third-order valence-electron chi connectivity index (χ3n) is 8.00. The number of piperazine rings is 1. The number of carbonyl (C=O) groups excluding carboxylic acids is 1. The zero-order valence-electron chi connectivity index (χ0n) is 27.5. The molecule has 11 nitrogen and oxygen atoms in total. The largest absolute Gasteiger partial charge is 0.497 e. The van der Waals surface area contributed by atoms with Crippen LogP contribution in [0, 0.1) is 19.7 Å². The molecule has 1 aliphatic heterocycles. The van der Waals surface area contributed by atoms with E-state index in [0.717, 1.165) is 43.9 Å². The van der Waals surface area contributed by atoms with Crippen molar-refractivity contribution in [2.75, 3.05) is 70.8 Å². The van der Waals surface area contributed by atoms with Crippen LogP contribution in [0.15, 0.2) is 66.9 Å². The van der Waals surface area contributed by atoms with Gasteiger partial charge in [-0.2, -0.15) is 4.98 Å². The third kappa shape index (κ3) is 8.66. The molecule has 0 bridgehead atoms. The first-order valence-corrected chi connectivity index (χ1v) is 15.4. The fourth-order valence-electron chi connectivity index (χ4n) is 5.26. The molecule has 1 amide bonds. The van der Waals surface area contributed by atoms with Crippen molar-refractivity contribution >= 4 is 23.5 Å². The van der Waals surface area contributed by atoms with Crippen LogP contribution in [0.3, 0.4) is 0 Å². The summed E-state index contributed by atoms with van der Waals surface area (Å²) >= 11 is 0.